The molecule has 0 radical (unpaired) electrons. The van der Waals surface area contributed by atoms with Crippen LogP contribution < -0.4 is 10.6 Å². The fourth-order valence-corrected chi connectivity index (χ4v) is 1.90. The van der Waals surface area contributed by atoms with Crippen molar-refractivity contribution in [3.63, 3.8) is 0 Å². The second-order valence-corrected chi connectivity index (χ2v) is 4.91. The maximum absolute atomic E-state index is 11.8. The van der Waals surface area contributed by atoms with Crippen molar-refractivity contribution in [2.45, 2.75) is 5.16 Å². The van der Waals surface area contributed by atoms with E-state index >= 15 is 0 Å². The van der Waals surface area contributed by atoms with Crippen LogP contribution in [0, 0.1) is 0 Å². The zero-order valence-corrected chi connectivity index (χ0v) is 13.1. The molecule has 1 amide bonds. The second kappa shape index (κ2) is 8.20. The van der Waals surface area contributed by atoms with Crippen LogP contribution in [0.3, 0.4) is 0 Å². The molecule has 0 saturated heterocycles. The minimum absolute atomic E-state index is 0.208. The largest absolute Gasteiger partial charge is 0.316 e. The third-order valence-corrected chi connectivity index (χ3v) is 3.07. The van der Waals surface area contributed by atoms with Gasteiger partial charge >= 0.3 is 0 Å². The van der Waals surface area contributed by atoms with Crippen LogP contribution in [0.25, 0.3) is 11.5 Å². The molecule has 7 nitrogen and oxygen atoms in total. The van der Waals surface area contributed by atoms with Crippen LogP contribution in [0.15, 0.2) is 41.7 Å². The van der Waals surface area contributed by atoms with E-state index in [0.717, 1.165) is 0 Å². The Labute approximate surface area is 132 Å². The number of thioether (sulfide) groups is 1. The highest BCUT2D eigenvalue weighted by Gasteiger charge is 2.10. The number of likely N-dealkylation sites (N-methyl/N-ethyl adjacent to an activating group) is 1. The average Bonchev–Trinajstić information content (AvgIpc) is 2.55. The summed E-state index contributed by atoms with van der Waals surface area (Å²) >= 11 is 1.37. The first-order chi connectivity index (χ1) is 10.7. The Hall–Kier alpha value is -2.32. The molecule has 0 aromatic carbocycles. The van der Waals surface area contributed by atoms with Gasteiger partial charge in [0.25, 0.3) is 0 Å². The minimum atomic E-state index is -0.291. The van der Waals surface area contributed by atoms with Crippen molar-refractivity contribution in [3.05, 3.63) is 36.5 Å². The molecule has 2 rings (SSSR count). The molecule has 0 aliphatic carbocycles. The van der Waals surface area contributed by atoms with Crippen molar-refractivity contribution in [1.29, 1.82) is 0 Å². The molecule has 0 fully saturated rings. The van der Waals surface area contributed by atoms with Crippen molar-refractivity contribution < 1.29 is 4.79 Å². The number of carbonyl (C=O) groups excluding carboxylic acids is 1. The summed E-state index contributed by atoms with van der Waals surface area (Å²) in [6.45, 7) is 0.611. The zero-order valence-electron chi connectivity index (χ0n) is 12.3. The van der Waals surface area contributed by atoms with Crippen LogP contribution in [-0.2, 0) is 4.79 Å². The number of anilines is 1. The molecule has 2 aromatic rings. The first kappa shape index (κ1) is 16.1. The van der Waals surface area contributed by atoms with E-state index in [9.17, 15) is 4.79 Å². The van der Waals surface area contributed by atoms with E-state index in [0.29, 0.717) is 23.2 Å². The number of rotatable bonds is 6. The van der Waals surface area contributed by atoms with Crippen LogP contribution >= 0.6 is 11.8 Å². The lowest BCUT2D eigenvalue weighted by Gasteiger charge is -2.05. The lowest BCUT2D eigenvalue weighted by atomic mass is 10.3. The Balaban J connectivity index is 2.23. The van der Waals surface area contributed by atoms with E-state index < -0.39 is 0 Å². The number of pyridine rings is 1. The maximum atomic E-state index is 11.8. The predicted molar refractivity (Wildman–Crippen MR) is 86.5 cm³/mol. The average molecular weight is 316 g/mol. The number of carbonyl (C=O) groups is 1. The summed E-state index contributed by atoms with van der Waals surface area (Å²) in [7, 11) is 1.80. The molecule has 0 bridgehead atoms. The number of hydrogen-bond donors (Lipinski definition) is 2. The van der Waals surface area contributed by atoms with Gasteiger partial charge in [-0.05, 0) is 25.4 Å². The van der Waals surface area contributed by atoms with Crippen LogP contribution in [0.4, 0.5) is 5.95 Å². The Kier molecular flexibility index (Phi) is 5.99. The van der Waals surface area contributed by atoms with Crippen LogP contribution in [0.2, 0.25) is 0 Å². The van der Waals surface area contributed by atoms with E-state index in [2.05, 4.69) is 30.6 Å². The summed E-state index contributed by atoms with van der Waals surface area (Å²) in [4.78, 5) is 28.7. The molecule has 0 aliphatic heterocycles. The summed E-state index contributed by atoms with van der Waals surface area (Å²) in [5.74, 6) is 0.342. The summed E-state index contributed by atoms with van der Waals surface area (Å²) in [6.07, 6.45) is 6.66. The molecular weight excluding hydrogens is 300 g/mol. The Morgan fingerprint density at radius 2 is 2.18 bits per heavy atom. The molecule has 2 N–H and O–H groups in total. The number of nitrogens with zero attached hydrogens (tertiary/aromatic N) is 4. The second-order valence-electron chi connectivity index (χ2n) is 4.13. The standard InChI is InChI=1S/C14H16N6OS/c1-15-8-5-7-11(21)17-13-18-12(19-14(20-13)22-2)10-6-3-4-9-16-10/h3-7,9,15H,8H2,1-2H3,(H,17,18,19,20,21)/b7-5+. The molecule has 0 atom stereocenters. The minimum Gasteiger partial charge on any atom is -0.316 e. The number of hydrogen-bond acceptors (Lipinski definition) is 7. The molecule has 22 heavy (non-hydrogen) atoms. The van der Waals surface area contributed by atoms with Gasteiger partial charge in [0.05, 0.1) is 0 Å². The highest BCUT2D eigenvalue weighted by Crippen LogP contribution is 2.17. The molecule has 0 saturated carbocycles. The smallest absolute Gasteiger partial charge is 0.250 e. The van der Waals surface area contributed by atoms with Crippen LogP contribution in [0.5, 0.6) is 0 Å². The van der Waals surface area contributed by atoms with Gasteiger partial charge in [-0.15, -0.1) is 0 Å². The quantitative estimate of drug-likeness (QED) is 0.614. The first-order valence-corrected chi connectivity index (χ1v) is 7.79. The summed E-state index contributed by atoms with van der Waals surface area (Å²) in [6, 6.07) is 5.47. The van der Waals surface area contributed by atoms with Gasteiger partial charge < -0.3 is 5.32 Å². The van der Waals surface area contributed by atoms with E-state index in [1.165, 1.54) is 17.8 Å². The Bertz CT molecular complexity index is 662. The summed E-state index contributed by atoms with van der Waals surface area (Å²) in [5, 5.41) is 6.06. The molecule has 0 aliphatic rings. The summed E-state index contributed by atoms with van der Waals surface area (Å²) < 4.78 is 0. The van der Waals surface area contributed by atoms with E-state index in [-0.39, 0.29) is 11.9 Å². The normalized spacial score (nSPS) is 10.8. The van der Waals surface area contributed by atoms with Crippen LogP contribution in [0.1, 0.15) is 0 Å². The predicted octanol–water partition coefficient (Wildman–Crippen LogP) is 1.37. The molecule has 8 heteroatoms. The van der Waals surface area contributed by atoms with Crippen molar-refractivity contribution in [2.75, 3.05) is 25.2 Å². The lowest BCUT2D eigenvalue weighted by Crippen LogP contribution is -2.13. The monoisotopic (exact) mass is 316 g/mol. The van der Waals surface area contributed by atoms with Crippen molar-refractivity contribution in [3.8, 4) is 11.5 Å². The fourth-order valence-electron chi connectivity index (χ4n) is 1.55. The molecule has 2 heterocycles. The third kappa shape index (κ3) is 4.61. The molecule has 0 spiro atoms. The van der Waals surface area contributed by atoms with E-state index in [1.54, 1.807) is 25.4 Å². The highest BCUT2D eigenvalue weighted by molar-refractivity contribution is 7.98. The van der Waals surface area contributed by atoms with Gasteiger partial charge in [-0.25, -0.2) is 4.98 Å². The highest BCUT2D eigenvalue weighted by atomic mass is 32.2. The van der Waals surface area contributed by atoms with Gasteiger partial charge in [0.15, 0.2) is 11.0 Å². The SMILES string of the molecule is CNC/C=C/C(=O)Nc1nc(SC)nc(-c2ccccn2)n1. The number of nitrogens with one attached hydrogen (secondary N) is 2. The Morgan fingerprint density at radius 3 is 2.86 bits per heavy atom. The first-order valence-electron chi connectivity index (χ1n) is 6.56. The van der Waals surface area contributed by atoms with E-state index in [1.807, 2.05) is 18.4 Å². The van der Waals surface area contributed by atoms with Crippen molar-refractivity contribution in [1.82, 2.24) is 25.3 Å². The number of amides is 1. The van der Waals surface area contributed by atoms with Gasteiger partial charge in [0, 0.05) is 18.8 Å². The third-order valence-electron chi connectivity index (χ3n) is 2.52. The van der Waals surface area contributed by atoms with Gasteiger partial charge in [0.1, 0.15) is 5.69 Å². The fraction of sp³-hybridized carbons (Fsp3) is 0.214. The Morgan fingerprint density at radius 1 is 1.32 bits per heavy atom. The van der Waals surface area contributed by atoms with Gasteiger partial charge in [-0.2, -0.15) is 9.97 Å². The van der Waals surface area contributed by atoms with Crippen molar-refractivity contribution in [2.24, 2.45) is 0 Å². The lowest BCUT2D eigenvalue weighted by molar-refractivity contribution is -0.112. The zero-order chi connectivity index (χ0) is 15.8. The number of aromatic nitrogens is 4. The summed E-state index contributed by atoms with van der Waals surface area (Å²) in [5.41, 5.74) is 0.626. The van der Waals surface area contributed by atoms with Gasteiger partial charge in [-0.1, -0.05) is 23.9 Å². The van der Waals surface area contributed by atoms with E-state index in [4.69, 9.17) is 0 Å². The maximum Gasteiger partial charge on any atom is 0.250 e. The van der Waals surface area contributed by atoms with Gasteiger partial charge in [0.2, 0.25) is 11.9 Å². The van der Waals surface area contributed by atoms with Crippen LogP contribution in [-0.4, -0.2) is 45.7 Å². The molecule has 114 valence electrons. The molecular formula is C14H16N6OS. The van der Waals surface area contributed by atoms with Gasteiger partial charge in [-0.3, -0.25) is 15.1 Å². The molecule has 0 unspecified atom stereocenters. The topological polar surface area (TPSA) is 92.7 Å². The molecule has 2 aromatic heterocycles. The van der Waals surface area contributed by atoms with Crippen molar-refractivity contribution >= 4 is 23.6 Å².